The van der Waals surface area contributed by atoms with Gasteiger partial charge in [-0.3, -0.25) is 5.10 Å². The monoisotopic (exact) mass is 231 g/mol. The van der Waals surface area contributed by atoms with Crippen molar-refractivity contribution in [1.29, 1.82) is 0 Å². The Labute approximate surface area is 98.9 Å². The van der Waals surface area contributed by atoms with E-state index in [0.29, 0.717) is 6.54 Å². The number of hydroxylamine groups is 1. The minimum Gasteiger partial charge on any atom is -0.497 e. The van der Waals surface area contributed by atoms with Gasteiger partial charge in [0.05, 0.1) is 13.7 Å². The van der Waals surface area contributed by atoms with Gasteiger partial charge >= 0.3 is 0 Å². The number of hydrogen-bond donors (Lipinski definition) is 1. The van der Waals surface area contributed by atoms with Crippen molar-refractivity contribution in [3.05, 3.63) is 35.5 Å². The molecule has 1 aliphatic rings. The van der Waals surface area contributed by atoms with E-state index in [1.165, 1.54) is 0 Å². The fourth-order valence-electron chi connectivity index (χ4n) is 1.84. The number of aromatic nitrogens is 2. The Morgan fingerprint density at radius 2 is 2.29 bits per heavy atom. The van der Waals surface area contributed by atoms with E-state index >= 15 is 0 Å². The number of nitrogens with one attached hydrogen (secondary N) is 1. The van der Waals surface area contributed by atoms with Crippen LogP contribution in [0, 0.1) is 6.92 Å². The number of benzene rings is 1. The average molecular weight is 231 g/mol. The molecule has 17 heavy (non-hydrogen) atoms. The molecule has 3 rings (SSSR count). The smallest absolute Gasteiger partial charge is 0.185 e. The van der Waals surface area contributed by atoms with Gasteiger partial charge in [-0.2, -0.15) is 10.2 Å². The number of hydrogen-bond acceptors (Lipinski definition) is 4. The zero-order valence-electron chi connectivity index (χ0n) is 9.73. The minimum atomic E-state index is 0.698. The lowest BCUT2D eigenvalue weighted by molar-refractivity contribution is 0.303. The third-order valence-corrected chi connectivity index (χ3v) is 2.74. The lowest BCUT2D eigenvalue weighted by atomic mass is 10.2. The fourth-order valence-corrected chi connectivity index (χ4v) is 1.84. The minimum absolute atomic E-state index is 0.698. The summed E-state index contributed by atoms with van der Waals surface area (Å²) in [7, 11) is 1.64. The molecule has 2 aromatic rings. The van der Waals surface area contributed by atoms with Crippen molar-refractivity contribution in [1.82, 2.24) is 10.2 Å². The van der Waals surface area contributed by atoms with Gasteiger partial charge < -0.3 is 9.57 Å². The van der Waals surface area contributed by atoms with Crippen LogP contribution in [0.2, 0.25) is 0 Å². The molecule has 0 spiro atoms. The summed E-state index contributed by atoms with van der Waals surface area (Å²) >= 11 is 0. The Morgan fingerprint density at radius 1 is 1.41 bits per heavy atom. The highest BCUT2D eigenvalue weighted by Crippen LogP contribution is 2.33. The van der Waals surface area contributed by atoms with Crippen LogP contribution in [-0.2, 0) is 6.54 Å². The Hall–Kier alpha value is -2.17. The molecule has 0 saturated heterocycles. The van der Waals surface area contributed by atoms with Gasteiger partial charge in [0.15, 0.2) is 11.6 Å². The molecule has 1 N–H and O–H groups in total. The zero-order valence-corrected chi connectivity index (χ0v) is 9.73. The molecule has 5 nitrogen and oxygen atoms in total. The predicted molar refractivity (Wildman–Crippen MR) is 63.1 cm³/mol. The molecule has 0 radical (unpaired) electrons. The number of rotatable bonds is 2. The van der Waals surface area contributed by atoms with E-state index < -0.39 is 0 Å². The lowest BCUT2D eigenvalue weighted by Gasteiger charge is -2.12. The Morgan fingerprint density at radius 3 is 3.00 bits per heavy atom. The van der Waals surface area contributed by atoms with Crippen molar-refractivity contribution in [2.45, 2.75) is 13.5 Å². The molecule has 1 aromatic heterocycles. The van der Waals surface area contributed by atoms with E-state index in [0.717, 1.165) is 28.6 Å². The first-order chi connectivity index (χ1) is 8.26. The SMILES string of the molecule is COc1ccc2c(c1)ON(c1cc(C)[nH]n1)C2. The van der Waals surface area contributed by atoms with Crippen molar-refractivity contribution in [3.63, 3.8) is 0 Å². The first-order valence-electron chi connectivity index (χ1n) is 5.41. The maximum absolute atomic E-state index is 5.72. The normalized spacial score (nSPS) is 13.4. The molecule has 5 heteroatoms. The van der Waals surface area contributed by atoms with E-state index in [4.69, 9.17) is 9.57 Å². The second-order valence-corrected chi connectivity index (χ2v) is 4.01. The zero-order chi connectivity index (χ0) is 11.8. The summed E-state index contributed by atoms with van der Waals surface area (Å²) in [5, 5.41) is 8.82. The van der Waals surface area contributed by atoms with E-state index in [1.54, 1.807) is 12.2 Å². The molecule has 1 aromatic carbocycles. The summed E-state index contributed by atoms with van der Waals surface area (Å²) in [6, 6.07) is 7.77. The molecule has 0 bridgehead atoms. The molecule has 0 fully saturated rings. The first-order valence-corrected chi connectivity index (χ1v) is 5.41. The van der Waals surface area contributed by atoms with Crippen molar-refractivity contribution in [3.8, 4) is 11.5 Å². The molecular weight excluding hydrogens is 218 g/mol. The number of anilines is 1. The van der Waals surface area contributed by atoms with E-state index in [1.807, 2.05) is 31.2 Å². The molecular formula is C12H13N3O2. The summed E-state index contributed by atoms with van der Waals surface area (Å²) in [4.78, 5) is 5.72. The predicted octanol–water partition coefficient (Wildman–Crippen LogP) is 2.04. The molecule has 0 amide bonds. The summed E-state index contributed by atoms with van der Waals surface area (Å²) in [6.07, 6.45) is 0. The van der Waals surface area contributed by atoms with Crippen LogP contribution in [0.4, 0.5) is 5.82 Å². The van der Waals surface area contributed by atoms with Gasteiger partial charge in [0.25, 0.3) is 0 Å². The lowest BCUT2D eigenvalue weighted by Crippen LogP contribution is -2.20. The number of H-pyrrole nitrogens is 1. The second kappa shape index (κ2) is 3.69. The molecule has 1 aliphatic heterocycles. The molecule has 0 aliphatic carbocycles. The maximum atomic E-state index is 5.72. The number of fused-ring (bicyclic) bond motifs is 1. The van der Waals surface area contributed by atoms with Crippen molar-refractivity contribution in [2.24, 2.45) is 0 Å². The van der Waals surface area contributed by atoms with Crippen LogP contribution in [-0.4, -0.2) is 17.3 Å². The van der Waals surface area contributed by atoms with Crippen LogP contribution >= 0.6 is 0 Å². The summed E-state index contributed by atoms with van der Waals surface area (Å²) in [6.45, 7) is 2.66. The fraction of sp³-hybridized carbons (Fsp3) is 0.250. The van der Waals surface area contributed by atoms with Crippen LogP contribution in [0.1, 0.15) is 11.3 Å². The Bertz CT molecular complexity index is 550. The molecule has 2 heterocycles. The highest BCUT2D eigenvalue weighted by atomic mass is 16.7. The summed E-state index contributed by atoms with van der Waals surface area (Å²) < 4.78 is 5.16. The van der Waals surface area contributed by atoms with E-state index in [9.17, 15) is 0 Å². The van der Waals surface area contributed by atoms with Gasteiger partial charge in [-0.15, -0.1) is 0 Å². The molecule has 0 atom stereocenters. The van der Waals surface area contributed by atoms with Gasteiger partial charge in [0.1, 0.15) is 5.75 Å². The summed E-state index contributed by atoms with van der Waals surface area (Å²) in [5.74, 6) is 2.41. The van der Waals surface area contributed by atoms with Crippen LogP contribution in [0.5, 0.6) is 11.5 Å². The van der Waals surface area contributed by atoms with Crippen molar-refractivity contribution >= 4 is 5.82 Å². The van der Waals surface area contributed by atoms with Crippen molar-refractivity contribution in [2.75, 3.05) is 12.2 Å². The number of ether oxygens (including phenoxy) is 1. The number of methoxy groups -OCH3 is 1. The third-order valence-electron chi connectivity index (χ3n) is 2.74. The molecule has 0 unspecified atom stereocenters. The van der Waals surface area contributed by atoms with Crippen LogP contribution in [0.25, 0.3) is 0 Å². The van der Waals surface area contributed by atoms with Gasteiger partial charge in [0, 0.05) is 23.4 Å². The van der Waals surface area contributed by atoms with Gasteiger partial charge in [-0.05, 0) is 19.1 Å². The van der Waals surface area contributed by atoms with Crippen LogP contribution in [0.15, 0.2) is 24.3 Å². The first kappa shape index (κ1) is 10.0. The van der Waals surface area contributed by atoms with Crippen LogP contribution in [0.3, 0.4) is 0 Å². The number of nitrogens with zero attached hydrogens (tertiary/aromatic N) is 2. The molecule has 0 saturated carbocycles. The highest BCUT2D eigenvalue weighted by molar-refractivity contribution is 5.49. The average Bonchev–Trinajstić information content (AvgIpc) is 2.93. The Kier molecular flexibility index (Phi) is 2.18. The van der Waals surface area contributed by atoms with E-state index in [2.05, 4.69) is 10.2 Å². The van der Waals surface area contributed by atoms with Crippen LogP contribution < -0.4 is 14.6 Å². The standard InChI is InChI=1S/C12H13N3O2/c1-8-5-12(14-13-8)15-7-9-3-4-10(16-2)6-11(9)17-15/h3-6H,7H2,1-2H3,(H,13,14). The summed E-state index contributed by atoms with van der Waals surface area (Å²) in [5.41, 5.74) is 2.14. The quantitative estimate of drug-likeness (QED) is 0.859. The van der Waals surface area contributed by atoms with E-state index in [-0.39, 0.29) is 0 Å². The van der Waals surface area contributed by atoms with Gasteiger partial charge in [0.2, 0.25) is 0 Å². The highest BCUT2D eigenvalue weighted by Gasteiger charge is 2.23. The van der Waals surface area contributed by atoms with Crippen molar-refractivity contribution < 1.29 is 9.57 Å². The van der Waals surface area contributed by atoms with Gasteiger partial charge in [-0.25, -0.2) is 0 Å². The third kappa shape index (κ3) is 1.69. The second-order valence-electron chi connectivity index (χ2n) is 4.01. The maximum Gasteiger partial charge on any atom is 0.185 e. The largest absolute Gasteiger partial charge is 0.497 e. The molecule has 88 valence electrons. The Balaban J connectivity index is 1.87. The number of aryl methyl sites for hydroxylation is 1. The van der Waals surface area contributed by atoms with Gasteiger partial charge in [-0.1, -0.05) is 0 Å². The topological polar surface area (TPSA) is 50.4 Å². The number of aromatic amines is 1.